The Morgan fingerprint density at radius 2 is 1.62 bits per heavy atom. The first-order chi connectivity index (χ1) is 10.1. The van der Waals surface area contributed by atoms with Crippen molar-refractivity contribution in [3.8, 4) is 17.2 Å². The van der Waals surface area contributed by atoms with Gasteiger partial charge in [0, 0.05) is 5.56 Å². The lowest BCUT2D eigenvalue weighted by atomic mass is 10.2. The fraction of sp³-hybridized carbons (Fsp3) is 0.188. The van der Waals surface area contributed by atoms with Crippen LogP contribution in [0.25, 0.3) is 0 Å². The van der Waals surface area contributed by atoms with Crippen LogP contribution in [-0.2, 0) is 0 Å². The molecule has 21 heavy (non-hydrogen) atoms. The molecular formula is C16H14F2O3. The number of hydrogen-bond acceptors (Lipinski definition) is 3. The summed E-state index contributed by atoms with van der Waals surface area (Å²) in [6.07, 6.45) is 1.26. The van der Waals surface area contributed by atoms with Gasteiger partial charge in [-0.25, -0.2) is 8.78 Å². The number of carbonyl (C=O) groups is 1. The monoisotopic (exact) mass is 292 g/mol. The average molecular weight is 292 g/mol. The number of carbonyl (C=O) groups excluding carboxylic acids is 1. The highest BCUT2D eigenvalue weighted by molar-refractivity contribution is 5.75. The molecule has 0 saturated carbocycles. The van der Waals surface area contributed by atoms with E-state index in [0.29, 0.717) is 18.6 Å². The molecule has 2 rings (SSSR count). The zero-order valence-electron chi connectivity index (χ0n) is 11.4. The van der Waals surface area contributed by atoms with Crippen molar-refractivity contribution in [2.75, 3.05) is 6.61 Å². The molecule has 0 spiro atoms. The van der Waals surface area contributed by atoms with Gasteiger partial charge >= 0.3 is 0 Å². The second-order valence-electron chi connectivity index (χ2n) is 4.35. The molecule has 0 atom stereocenters. The molecular weight excluding hydrogens is 278 g/mol. The minimum Gasteiger partial charge on any atom is -0.494 e. The van der Waals surface area contributed by atoms with Crippen LogP contribution in [0.1, 0.15) is 23.7 Å². The maximum atomic E-state index is 13.7. The van der Waals surface area contributed by atoms with Crippen molar-refractivity contribution in [2.24, 2.45) is 0 Å². The molecule has 0 aliphatic rings. The maximum absolute atomic E-state index is 13.7. The summed E-state index contributed by atoms with van der Waals surface area (Å²) in [7, 11) is 0. The van der Waals surface area contributed by atoms with Gasteiger partial charge in [-0.2, -0.15) is 0 Å². The number of ether oxygens (including phenoxy) is 2. The van der Waals surface area contributed by atoms with Gasteiger partial charge < -0.3 is 9.47 Å². The van der Waals surface area contributed by atoms with Gasteiger partial charge in [-0.1, -0.05) is 6.92 Å². The summed E-state index contributed by atoms with van der Waals surface area (Å²) < 4.78 is 37.9. The molecule has 2 aromatic carbocycles. The van der Waals surface area contributed by atoms with E-state index in [0.717, 1.165) is 18.6 Å². The van der Waals surface area contributed by atoms with Crippen LogP contribution in [-0.4, -0.2) is 12.9 Å². The first-order valence-corrected chi connectivity index (χ1v) is 6.49. The van der Waals surface area contributed by atoms with Crippen molar-refractivity contribution < 1.29 is 23.0 Å². The van der Waals surface area contributed by atoms with Gasteiger partial charge in [-0.3, -0.25) is 4.79 Å². The van der Waals surface area contributed by atoms with Gasteiger partial charge in [0.15, 0.2) is 17.4 Å². The predicted octanol–water partition coefficient (Wildman–Crippen LogP) is 4.36. The summed E-state index contributed by atoms with van der Waals surface area (Å²) in [5, 5.41) is 0. The molecule has 3 nitrogen and oxygen atoms in total. The summed E-state index contributed by atoms with van der Waals surface area (Å²) >= 11 is 0. The molecule has 0 aliphatic heterocycles. The normalized spacial score (nSPS) is 10.2. The summed E-state index contributed by atoms with van der Waals surface area (Å²) in [4.78, 5) is 10.5. The highest BCUT2D eigenvalue weighted by Gasteiger charge is 2.13. The highest BCUT2D eigenvalue weighted by atomic mass is 19.1. The molecule has 5 heteroatoms. The lowest BCUT2D eigenvalue weighted by Gasteiger charge is -2.09. The highest BCUT2D eigenvalue weighted by Crippen LogP contribution is 2.29. The van der Waals surface area contributed by atoms with Gasteiger partial charge in [-0.15, -0.1) is 0 Å². The number of aldehydes is 1. The maximum Gasteiger partial charge on any atom is 0.198 e. The standard InChI is InChI=1S/C16H14F2O3/c1-2-7-20-12-3-5-13(6-4-12)21-16-14(17)8-11(10-19)9-15(16)18/h3-6,8-10H,2,7H2,1H3. The van der Waals surface area contributed by atoms with E-state index in [9.17, 15) is 13.6 Å². The quantitative estimate of drug-likeness (QED) is 0.742. The van der Waals surface area contributed by atoms with Crippen LogP contribution in [0.5, 0.6) is 17.2 Å². The first-order valence-electron chi connectivity index (χ1n) is 6.49. The van der Waals surface area contributed by atoms with Crippen molar-refractivity contribution in [1.82, 2.24) is 0 Å². The van der Waals surface area contributed by atoms with Gasteiger partial charge in [0.1, 0.15) is 17.8 Å². The smallest absolute Gasteiger partial charge is 0.198 e. The Balaban J connectivity index is 2.16. The van der Waals surface area contributed by atoms with E-state index in [1.165, 1.54) is 0 Å². The van der Waals surface area contributed by atoms with Crippen LogP contribution in [0.15, 0.2) is 36.4 Å². The van der Waals surface area contributed by atoms with Gasteiger partial charge in [-0.05, 0) is 42.8 Å². The molecule has 2 aromatic rings. The van der Waals surface area contributed by atoms with E-state index in [1.807, 2.05) is 6.92 Å². The van der Waals surface area contributed by atoms with Gasteiger partial charge in [0.25, 0.3) is 0 Å². The molecule has 0 heterocycles. The molecule has 0 saturated heterocycles. The molecule has 0 unspecified atom stereocenters. The molecule has 110 valence electrons. The van der Waals surface area contributed by atoms with E-state index in [1.54, 1.807) is 24.3 Å². The third-order valence-electron chi connectivity index (χ3n) is 2.67. The van der Waals surface area contributed by atoms with Crippen LogP contribution in [0.4, 0.5) is 8.78 Å². The molecule has 0 bridgehead atoms. The Morgan fingerprint density at radius 1 is 1.05 bits per heavy atom. The molecule has 0 fully saturated rings. The second kappa shape index (κ2) is 6.83. The van der Waals surface area contributed by atoms with Crippen molar-refractivity contribution in [3.05, 3.63) is 53.6 Å². The molecule has 0 amide bonds. The lowest BCUT2D eigenvalue weighted by Crippen LogP contribution is -1.96. The Hall–Kier alpha value is -2.43. The summed E-state index contributed by atoms with van der Waals surface area (Å²) in [5.74, 6) is -1.47. The summed E-state index contributed by atoms with van der Waals surface area (Å²) in [6.45, 7) is 2.59. The average Bonchev–Trinajstić information content (AvgIpc) is 2.49. The number of halogens is 2. The van der Waals surface area contributed by atoms with Crippen LogP contribution in [0.3, 0.4) is 0 Å². The van der Waals surface area contributed by atoms with E-state index >= 15 is 0 Å². The van der Waals surface area contributed by atoms with E-state index < -0.39 is 17.4 Å². The molecule has 0 N–H and O–H groups in total. The predicted molar refractivity (Wildman–Crippen MR) is 74.0 cm³/mol. The minimum atomic E-state index is -0.927. The largest absolute Gasteiger partial charge is 0.494 e. The van der Waals surface area contributed by atoms with E-state index in [2.05, 4.69) is 0 Å². The Labute approximate surface area is 121 Å². The van der Waals surface area contributed by atoms with Gasteiger partial charge in [0.2, 0.25) is 0 Å². The fourth-order valence-corrected chi connectivity index (χ4v) is 1.69. The third-order valence-corrected chi connectivity index (χ3v) is 2.67. The van der Waals surface area contributed by atoms with Crippen molar-refractivity contribution >= 4 is 6.29 Å². The summed E-state index contributed by atoms with van der Waals surface area (Å²) in [5.41, 5.74) is -0.0827. The Kier molecular flexibility index (Phi) is 4.87. The van der Waals surface area contributed by atoms with Gasteiger partial charge in [0.05, 0.1) is 6.61 Å². The van der Waals surface area contributed by atoms with Crippen molar-refractivity contribution in [2.45, 2.75) is 13.3 Å². The zero-order chi connectivity index (χ0) is 15.2. The van der Waals surface area contributed by atoms with Crippen LogP contribution < -0.4 is 9.47 Å². The first kappa shape index (κ1) is 15.0. The number of hydrogen-bond donors (Lipinski definition) is 0. The minimum absolute atomic E-state index is 0.0827. The van der Waals surface area contributed by atoms with Crippen LogP contribution in [0, 0.1) is 11.6 Å². The van der Waals surface area contributed by atoms with Crippen LogP contribution in [0.2, 0.25) is 0 Å². The van der Waals surface area contributed by atoms with E-state index in [4.69, 9.17) is 9.47 Å². The zero-order valence-corrected chi connectivity index (χ0v) is 11.4. The molecule has 0 aliphatic carbocycles. The lowest BCUT2D eigenvalue weighted by molar-refractivity contribution is 0.112. The summed E-state index contributed by atoms with van der Waals surface area (Å²) in [6, 6.07) is 8.25. The SMILES string of the molecule is CCCOc1ccc(Oc2c(F)cc(C=O)cc2F)cc1. The molecule has 0 radical (unpaired) electrons. The van der Waals surface area contributed by atoms with Crippen molar-refractivity contribution in [3.63, 3.8) is 0 Å². The molecule has 0 aromatic heterocycles. The van der Waals surface area contributed by atoms with Crippen molar-refractivity contribution in [1.29, 1.82) is 0 Å². The van der Waals surface area contributed by atoms with Crippen LogP contribution >= 0.6 is 0 Å². The third kappa shape index (κ3) is 3.78. The Bertz CT molecular complexity index is 601. The number of rotatable bonds is 6. The fourth-order valence-electron chi connectivity index (χ4n) is 1.69. The Morgan fingerprint density at radius 3 is 2.14 bits per heavy atom. The van der Waals surface area contributed by atoms with E-state index in [-0.39, 0.29) is 11.3 Å². The number of benzene rings is 2. The second-order valence-corrected chi connectivity index (χ2v) is 4.35. The topological polar surface area (TPSA) is 35.5 Å².